The van der Waals surface area contributed by atoms with Crippen LogP contribution in [0.15, 0.2) is 29.2 Å². The summed E-state index contributed by atoms with van der Waals surface area (Å²) < 4.78 is 27.6. The third-order valence-electron chi connectivity index (χ3n) is 4.06. The lowest BCUT2D eigenvalue weighted by atomic mass is 10.2. The molecule has 0 radical (unpaired) electrons. The summed E-state index contributed by atoms with van der Waals surface area (Å²) in [6.45, 7) is 4.70. The molecule has 1 aliphatic rings. The molecule has 1 heterocycles. The molecule has 0 aliphatic carbocycles. The number of hydrogen-bond acceptors (Lipinski definition) is 4. The van der Waals surface area contributed by atoms with E-state index in [1.54, 1.807) is 22.5 Å². The molecule has 2 rings (SSSR count). The third kappa shape index (κ3) is 3.63. The molecule has 0 bridgehead atoms. The van der Waals surface area contributed by atoms with E-state index in [9.17, 15) is 8.42 Å². The van der Waals surface area contributed by atoms with Crippen LogP contribution in [0.5, 0.6) is 0 Å². The van der Waals surface area contributed by atoms with Crippen LogP contribution in [-0.4, -0.2) is 50.3 Å². The summed E-state index contributed by atoms with van der Waals surface area (Å²) in [6, 6.07) is 7.00. The van der Waals surface area contributed by atoms with Crippen molar-refractivity contribution in [3.8, 4) is 0 Å². The maximum atomic E-state index is 13.0. The SMILES string of the molecule is CCC1CN(C)CCCN1S(=O)(=O)c1cccc(CN)c1. The van der Waals surface area contributed by atoms with E-state index in [1.807, 2.05) is 20.0 Å². The second kappa shape index (κ2) is 6.87. The van der Waals surface area contributed by atoms with Crippen molar-refractivity contribution in [3.63, 3.8) is 0 Å². The first-order valence-corrected chi connectivity index (χ1v) is 8.92. The van der Waals surface area contributed by atoms with E-state index in [1.165, 1.54) is 0 Å². The van der Waals surface area contributed by atoms with Crippen LogP contribution in [0.25, 0.3) is 0 Å². The molecule has 2 N–H and O–H groups in total. The second-order valence-electron chi connectivity index (χ2n) is 5.65. The highest BCUT2D eigenvalue weighted by Gasteiger charge is 2.32. The average molecular weight is 311 g/mol. The minimum absolute atomic E-state index is 0.0315. The van der Waals surface area contributed by atoms with Gasteiger partial charge in [0.05, 0.1) is 4.90 Å². The fraction of sp³-hybridized carbons (Fsp3) is 0.600. The van der Waals surface area contributed by atoms with E-state index < -0.39 is 10.0 Å². The summed E-state index contributed by atoms with van der Waals surface area (Å²) in [5.74, 6) is 0. The Labute approximate surface area is 127 Å². The Morgan fingerprint density at radius 2 is 2.10 bits per heavy atom. The quantitative estimate of drug-likeness (QED) is 0.909. The van der Waals surface area contributed by atoms with Gasteiger partial charge in [0, 0.05) is 25.7 Å². The van der Waals surface area contributed by atoms with E-state index in [4.69, 9.17) is 5.73 Å². The molecule has 0 aromatic heterocycles. The highest BCUT2D eigenvalue weighted by atomic mass is 32.2. The molecular weight excluding hydrogens is 286 g/mol. The van der Waals surface area contributed by atoms with Crippen LogP contribution in [0.2, 0.25) is 0 Å². The monoisotopic (exact) mass is 311 g/mol. The van der Waals surface area contributed by atoms with Crippen LogP contribution in [0.4, 0.5) is 0 Å². The molecule has 5 nitrogen and oxygen atoms in total. The Hall–Kier alpha value is -0.950. The van der Waals surface area contributed by atoms with Gasteiger partial charge in [-0.15, -0.1) is 0 Å². The van der Waals surface area contributed by atoms with Crippen molar-refractivity contribution in [2.45, 2.75) is 37.2 Å². The highest BCUT2D eigenvalue weighted by Crippen LogP contribution is 2.23. The minimum Gasteiger partial charge on any atom is -0.326 e. The van der Waals surface area contributed by atoms with Crippen molar-refractivity contribution in [3.05, 3.63) is 29.8 Å². The van der Waals surface area contributed by atoms with Gasteiger partial charge in [-0.3, -0.25) is 0 Å². The Morgan fingerprint density at radius 1 is 1.33 bits per heavy atom. The molecule has 1 unspecified atom stereocenters. The van der Waals surface area contributed by atoms with Gasteiger partial charge in [0.15, 0.2) is 0 Å². The molecule has 1 aromatic carbocycles. The molecule has 0 amide bonds. The standard InChI is InChI=1S/C15H25N3O2S/c1-3-14-12-17(2)8-5-9-18(14)21(19,20)15-7-4-6-13(10-15)11-16/h4,6-7,10,14H,3,5,8-9,11-12,16H2,1-2H3. The van der Waals surface area contributed by atoms with Crippen molar-refractivity contribution in [2.24, 2.45) is 5.73 Å². The molecule has 21 heavy (non-hydrogen) atoms. The van der Waals surface area contributed by atoms with Crippen molar-refractivity contribution in [1.82, 2.24) is 9.21 Å². The maximum absolute atomic E-state index is 13.0. The number of sulfonamides is 1. The van der Waals surface area contributed by atoms with Gasteiger partial charge in [-0.25, -0.2) is 8.42 Å². The normalized spacial score (nSPS) is 22.1. The smallest absolute Gasteiger partial charge is 0.243 e. The van der Waals surface area contributed by atoms with Crippen LogP contribution in [-0.2, 0) is 16.6 Å². The van der Waals surface area contributed by atoms with E-state index in [0.29, 0.717) is 18.0 Å². The molecule has 1 fully saturated rings. The van der Waals surface area contributed by atoms with Gasteiger partial charge in [-0.05, 0) is 44.1 Å². The lowest BCUT2D eigenvalue weighted by Gasteiger charge is -2.29. The molecule has 1 saturated heterocycles. The largest absolute Gasteiger partial charge is 0.326 e. The van der Waals surface area contributed by atoms with Gasteiger partial charge in [0.2, 0.25) is 10.0 Å². The fourth-order valence-corrected chi connectivity index (χ4v) is 4.64. The first-order chi connectivity index (χ1) is 9.98. The summed E-state index contributed by atoms with van der Waals surface area (Å²) in [5.41, 5.74) is 6.47. The number of nitrogens with zero attached hydrogens (tertiary/aromatic N) is 2. The van der Waals surface area contributed by atoms with Gasteiger partial charge in [0.1, 0.15) is 0 Å². The lowest BCUT2D eigenvalue weighted by molar-refractivity contribution is 0.270. The maximum Gasteiger partial charge on any atom is 0.243 e. The third-order valence-corrected chi connectivity index (χ3v) is 6.01. The summed E-state index contributed by atoms with van der Waals surface area (Å²) in [4.78, 5) is 2.56. The summed E-state index contributed by atoms with van der Waals surface area (Å²) >= 11 is 0. The van der Waals surface area contributed by atoms with Gasteiger partial charge in [-0.2, -0.15) is 4.31 Å². The van der Waals surface area contributed by atoms with Crippen molar-refractivity contribution in [2.75, 3.05) is 26.7 Å². The highest BCUT2D eigenvalue weighted by molar-refractivity contribution is 7.89. The Morgan fingerprint density at radius 3 is 2.76 bits per heavy atom. The summed E-state index contributed by atoms with van der Waals surface area (Å²) in [5, 5.41) is 0. The van der Waals surface area contributed by atoms with Crippen LogP contribution < -0.4 is 5.73 Å². The minimum atomic E-state index is -3.45. The molecule has 118 valence electrons. The van der Waals surface area contributed by atoms with Gasteiger partial charge in [-0.1, -0.05) is 19.1 Å². The lowest BCUT2D eigenvalue weighted by Crippen LogP contribution is -2.43. The molecular formula is C15H25N3O2S. The Bertz CT molecular complexity index is 574. The molecule has 1 aromatic rings. The predicted octanol–water partition coefficient (Wildman–Crippen LogP) is 1.25. The molecule has 0 saturated carbocycles. The number of rotatable bonds is 4. The number of hydrogen-bond donors (Lipinski definition) is 1. The van der Waals surface area contributed by atoms with E-state index in [-0.39, 0.29) is 6.04 Å². The van der Waals surface area contributed by atoms with Crippen LogP contribution in [0.1, 0.15) is 25.3 Å². The van der Waals surface area contributed by atoms with E-state index in [0.717, 1.165) is 31.5 Å². The Balaban J connectivity index is 2.35. The number of nitrogens with two attached hydrogens (primary N) is 1. The molecule has 6 heteroatoms. The first kappa shape index (κ1) is 16.4. The fourth-order valence-electron chi connectivity index (χ4n) is 2.84. The average Bonchev–Trinajstić information content (AvgIpc) is 2.68. The van der Waals surface area contributed by atoms with Crippen LogP contribution in [0.3, 0.4) is 0 Å². The van der Waals surface area contributed by atoms with Gasteiger partial charge >= 0.3 is 0 Å². The van der Waals surface area contributed by atoms with E-state index >= 15 is 0 Å². The van der Waals surface area contributed by atoms with Crippen molar-refractivity contribution >= 4 is 10.0 Å². The summed E-state index contributed by atoms with van der Waals surface area (Å²) in [7, 11) is -1.40. The van der Waals surface area contributed by atoms with Crippen molar-refractivity contribution < 1.29 is 8.42 Å². The molecule has 0 spiro atoms. The topological polar surface area (TPSA) is 66.6 Å². The van der Waals surface area contributed by atoms with Gasteiger partial charge < -0.3 is 10.6 Å². The summed E-state index contributed by atoms with van der Waals surface area (Å²) in [6.07, 6.45) is 1.68. The predicted molar refractivity (Wildman–Crippen MR) is 84.4 cm³/mol. The van der Waals surface area contributed by atoms with Crippen LogP contribution in [0, 0.1) is 0 Å². The van der Waals surface area contributed by atoms with E-state index in [2.05, 4.69) is 4.90 Å². The van der Waals surface area contributed by atoms with Gasteiger partial charge in [0.25, 0.3) is 0 Å². The zero-order valence-corrected chi connectivity index (χ0v) is 13.6. The zero-order valence-electron chi connectivity index (χ0n) is 12.8. The van der Waals surface area contributed by atoms with Crippen molar-refractivity contribution in [1.29, 1.82) is 0 Å². The molecule has 1 atom stereocenters. The number of benzene rings is 1. The Kier molecular flexibility index (Phi) is 5.37. The molecule has 1 aliphatic heterocycles. The van der Waals surface area contributed by atoms with Crippen LogP contribution >= 0.6 is 0 Å². The number of likely N-dealkylation sites (N-methyl/N-ethyl adjacent to an activating group) is 1. The zero-order chi connectivity index (χ0) is 15.5. The first-order valence-electron chi connectivity index (χ1n) is 7.48. The second-order valence-corrected chi connectivity index (χ2v) is 7.54.